The highest BCUT2D eigenvalue weighted by molar-refractivity contribution is 5.72. The Hall–Kier alpha value is -3.43. The summed E-state index contributed by atoms with van der Waals surface area (Å²) in [6, 6.07) is 7.58. The van der Waals surface area contributed by atoms with E-state index in [1.54, 1.807) is 31.4 Å². The van der Waals surface area contributed by atoms with E-state index in [-0.39, 0.29) is 29.1 Å². The van der Waals surface area contributed by atoms with Crippen LogP contribution in [0.3, 0.4) is 0 Å². The molecule has 7 nitrogen and oxygen atoms in total. The van der Waals surface area contributed by atoms with Crippen LogP contribution in [0, 0.1) is 17.8 Å². The number of hydrogen-bond donors (Lipinski definition) is 1. The fourth-order valence-corrected chi connectivity index (χ4v) is 6.57. The minimum atomic E-state index is -4.26. The summed E-state index contributed by atoms with van der Waals surface area (Å²) < 4.78 is 44.5. The van der Waals surface area contributed by atoms with E-state index in [9.17, 15) is 23.1 Å². The van der Waals surface area contributed by atoms with Gasteiger partial charge >= 0.3 is 6.18 Å². The second-order valence-corrected chi connectivity index (χ2v) is 11.0. The lowest BCUT2D eigenvalue weighted by Gasteiger charge is -2.49. The van der Waals surface area contributed by atoms with Gasteiger partial charge in [-0.2, -0.15) is 13.2 Å². The number of aromatic nitrogens is 4. The summed E-state index contributed by atoms with van der Waals surface area (Å²) in [5, 5.41) is 19.3. The van der Waals surface area contributed by atoms with Crippen molar-refractivity contribution in [3.05, 3.63) is 53.1 Å². The molecule has 1 aromatic carbocycles. The third-order valence-electron chi connectivity index (χ3n) is 8.49. The van der Waals surface area contributed by atoms with Crippen LogP contribution in [-0.4, -0.2) is 43.1 Å². The highest BCUT2D eigenvalue weighted by atomic mass is 19.4. The van der Waals surface area contributed by atoms with Gasteiger partial charge in [-0.25, -0.2) is 4.98 Å². The quantitative estimate of drug-likeness (QED) is 0.485. The van der Waals surface area contributed by atoms with Gasteiger partial charge in [-0.05, 0) is 73.3 Å². The monoisotopic (exact) mass is 525 g/mol. The molecule has 3 aliphatic rings. The van der Waals surface area contributed by atoms with E-state index in [1.165, 1.54) is 22.9 Å². The van der Waals surface area contributed by atoms with Crippen LogP contribution in [0.2, 0.25) is 0 Å². The molecule has 3 aliphatic carbocycles. The first-order chi connectivity index (χ1) is 18.2. The van der Waals surface area contributed by atoms with Gasteiger partial charge in [0, 0.05) is 31.4 Å². The maximum absolute atomic E-state index is 14.3. The summed E-state index contributed by atoms with van der Waals surface area (Å²) >= 11 is 0. The molecule has 3 aromatic rings. The largest absolute Gasteiger partial charge is 0.507 e. The number of aromatic hydroxyl groups is 1. The number of phenolic OH excluding ortho intramolecular Hbond substituents is 1. The highest BCUT2D eigenvalue weighted by Gasteiger charge is 2.56. The normalized spacial score (nSPS) is 25.3. The molecule has 10 heteroatoms. The van der Waals surface area contributed by atoms with Gasteiger partial charge < -0.3 is 14.6 Å². The van der Waals surface area contributed by atoms with E-state index in [4.69, 9.17) is 0 Å². The van der Waals surface area contributed by atoms with Crippen molar-refractivity contribution in [2.24, 2.45) is 24.8 Å². The van der Waals surface area contributed by atoms with Crippen molar-refractivity contribution in [2.45, 2.75) is 63.2 Å². The molecule has 3 saturated carbocycles. The third-order valence-corrected chi connectivity index (χ3v) is 8.49. The Labute approximate surface area is 218 Å². The number of benzene rings is 1. The van der Waals surface area contributed by atoms with E-state index in [1.807, 2.05) is 4.90 Å². The number of rotatable bonds is 5. The minimum Gasteiger partial charge on any atom is -0.507 e. The molecular formula is C28H30F3N5O2. The minimum absolute atomic E-state index is 0.0249. The van der Waals surface area contributed by atoms with Crippen LogP contribution in [0.25, 0.3) is 22.5 Å². The topological polar surface area (TPSA) is 84.1 Å². The van der Waals surface area contributed by atoms with Gasteiger partial charge in [0.25, 0.3) is 5.56 Å². The van der Waals surface area contributed by atoms with Gasteiger partial charge in [-0.1, -0.05) is 18.9 Å². The first-order valence-electron chi connectivity index (χ1n) is 13.2. The van der Waals surface area contributed by atoms with Crippen molar-refractivity contribution in [1.29, 1.82) is 0 Å². The Balaban J connectivity index is 1.29. The second kappa shape index (κ2) is 9.39. The van der Waals surface area contributed by atoms with Gasteiger partial charge in [0.05, 0.1) is 17.7 Å². The van der Waals surface area contributed by atoms with Gasteiger partial charge in [0.15, 0.2) is 11.6 Å². The first-order valence-corrected chi connectivity index (χ1v) is 13.2. The lowest BCUT2D eigenvalue weighted by molar-refractivity contribution is -0.208. The van der Waals surface area contributed by atoms with E-state index in [2.05, 4.69) is 15.2 Å². The van der Waals surface area contributed by atoms with Crippen LogP contribution in [0.1, 0.15) is 44.9 Å². The number of phenols is 1. The zero-order valence-electron chi connectivity index (χ0n) is 21.1. The molecule has 0 radical (unpaired) electrons. The van der Waals surface area contributed by atoms with Crippen molar-refractivity contribution < 1.29 is 18.3 Å². The summed E-state index contributed by atoms with van der Waals surface area (Å²) in [7, 11) is 1.66. The number of aryl methyl sites for hydroxylation is 1. The zero-order valence-corrected chi connectivity index (χ0v) is 21.1. The maximum atomic E-state index is 14.3. The molecule has 0 aliphatic heterocycles. The molecule has 3 fully saturated rings. The Morgan fingerprint density at radius 2 is 1.82 bits per heavy atom. The Morgan fingerprint density at radius 1 is 1.03 bits per heavy atom. The molecule has 6 rings (SSSR count). The van der Waals surface area contributed by atoms with Crippen molar-refractivity contribution in [3.8, 4) is 28.3 Å². The van der Waals surface area contributed by atoms with E-state index in [0.717, 1.165) is 25.7 Å². The number of pyridine rings is 1. The number of halogens is 3. The van der Waals surface area contributed by atoms with Crippen molar-refractivity contribution in [2.75, 3.05) is 4.90 Å². The molecule has 1 N–H and O–H groups in total. The Morgan fingerprint density at radius 3 is 2.47 bits per heavy atom. The van der Waals surface area contributed by atoms with Crippen molar-refractivity contribution >= 4 is 5.82 Å². The Bertz CT molecular complexity index is 1390. The molecule has 200 valence electrons. The average molecular weight is 526 g/mol. The zero-order chi connectivity index (χ0) is 26.6. The second-order valence-electron chi connectivity index (χ2n) is 11.0. The van der Waals surface area contributed by atoms with E-state index < -0.39 is 18.1 Å². The average Bonchev–Trinajstić information content (AvgIpc) is 3.71. The Kier molecular flexibility index (Phi) is 6.15. The van der Waals surface area contributed by atoms with Crippen LogP contribution in [-0.2, 0) is 7.05 Å². The predicted octanol–water partition coefficient (Wildman–Crippen LogP) is 5.34. The summed E-state index contributed by atoms with van der Waals surface area (Å²) in [4.78, 5) is 18.2. The molecule has 2 aromatic heterocycles. The predicted molar refractivity (Wildman–Crippen MR) is 137 cm³/mol. The molecular weight excluding hydrogens is 495 g/mol. The SMILES string of the molecule is Cn1ccc(-c2ccc(-c3ncc(N(C4CC4)[C@H]4C[C@@H]5CCC[C@@H](C5)[C@H]4C(F)(F)F)nn3)c(O)c2)cc1=O. The summed E-state index contributed by atoms with van der Waals surface area (Å²) in [5.41, 5.74) is 1.52. The molecule has 4 atom stereocenters. The van der Waals surface area contributed by atoms with Crippen molar-refractivity contribution in [1.82, 2.24) is 19.7 Å². The van der Waals surface area contributed by atoms with Crippen LogP contribution >= 0.6 is 0 Å². The van der Waals surface area contributed by atoms with Crippen LogP contribution in [0.5, 0.6) is 5.75 Å². The standard InChI is InChI=1S/C28H30F3N5O2/c1-35-10-9-18(14-25(35)38)17-5-8-21(23(37)13-17)27-32-15-24(33-34-27)36(20-6-7-20)22-12-16-3-2-4-19(11-16)26(22)28(29,30)31/h5,8-10,13-16,19-20,22,26,37H,2-4,6-7,11-12H2,1H3/t16-,19+,22+,26-/m1/s1. The number of fused-ring (bicyclic) bond motifs is 2. The number of hydrogen-bond acceptors (Lipinski definition) is 6. The number of nitrogens with zero attached hydrogens (tertiary/aromatic N) is 5. The highest BCUT2D eigenvalue weighted by Crippen LogP contribution is 2.52. The van der Waals surface area contributed by atoms with Crippen LogP contribution in [0.4, 0.5) is 19.0 Å². The van der Waals surface area contributed by atoms with Gasteiger partial charge in [-0.15, -0.1) is 10.2 Å². The van der Waals surface area contributed by atoms with Crippen LogP contribution < -0.4 is 10.5 Å². The molecule has 0 saturated heterocycles. The molecule has 0 amide bonds. The van der Waals surface area contributed by atoms with Gasteiger partial charge in [0.2, 0.25) is 0 Å². The number of alkyl halides is 3. The molecule has 38 heavy (non-hydrogen) atoms. The van der Waals surface area contributed by atoms with Crippen molar-refractivity contribution in [3.63, 3.8) is 0 Å². The maximum Gasteiger partial charge on any atom is 0.394 e. The summed E-state index contributed by atoms with van der Waals surface area (Å²) in [5.74, 6) is -0.910. The molecule has 0 spiro atoms. The van der Waals surface area contributed by atoms with Gasteiger partial charge in [-0.3, -0.25) is 4.79 Å². The lowest BCUT2D eigenvalue weighted by Crippen LogP contribution is -2.55. The third kappa shape index (κ3) is 4.65. The molecule has 2 bridgehead atoms. The fraction of sp³-hybridized carbons (Fsp3) is 0.500. The molecule has 0 unspecified atom stereocenters. The molecule has 2 heterocycles. The summed E-state index contributed by atoms with van der Waals surface area (Å²) in [6.07, 6.45) is 4.24. The first kappa shape index (κ1) is 24.9. The van der Waals surface area contributed by atoms with Gasteiger partial charge in [0.1, 0.15) is 5.75 Å². The summed E-state index contributed by atoms with van der Waals surface area (Å²) in [6.45, 7) is 0. The lowest BCUT2D eigenvalue weighted by atomic mass is 9.64. The smallest absolute Gasteiger partial charge is 0.394 e. The van der Waals surface area contributed by atoms with E-state index in [0.29, 0.717) is 47.7 Å². The number of anilines is 1. The van der Waals surface area contributed by atoms with Crippen LogP contribution in [0.15, 0.2) is 47.5 Å². The van der Waals surface area contributed by atoms with E-state index >= 15 is 0 Å². The fourth-order valence-electron chi connectivity index (χ4n) is 6.57.